The number of hydrogen-bond acceptors (Lipinski definition) is 3. The summed E-state index contributed by atoms with van der Waals surface area (Å²) in [5.41, 5.74) is 7.47. The standard InChI is InChI=1S/C26H21Cl2N3O2/c1-14-25-15(2)30(11-17-4-7-23-24(8-17)33-13-32-23)16(3)26(25)22-9-18(12-31(22)29-14)20-10-19(27)5-6-21(20)28/h4-10,12H,11,13H2,1-3H3. The van der Waals surface area contributed by atoms with Crippen LogP contribution in [0.15, 0.2) is 48.7 Å². The van der Waals surface area contributed by atoms with Crippen LogP contribution in [-0.4, -0.2) is 21.0 Å². The lowest BCUT2D eigenvalue weighted by atomic mass is 10.1. The average Bonchev–Trinajstić information content (AvgIpc) is 3.48. The van der Waals surface area contributed by atoms with Crippen molar-refractivity contribution in [1.82, 2.24) is 14.2 Å². The molecular formula is C26H21Cl2N3O2. The van der Waals surface area contributed by atoms with Gasteiger partial charge in [0.2, 0.25) is 6.79 Å². The van der Waals surface area contributed by atoms with E-state index in [1.165, 1.54) is 22.2 Å². The number of aromatic nitrogens is 3. The zero-order chi connectivity index (χ0) is 22.9. The highest BCUT2D eigenvalue weighted by Gasteiger charge is 2.20. The fourth-order valence-corrected chi connectivity index (χ4v) is 5.30. The normalized spacial score (nSPS) is 12.9. The molecule has 0 amide bonds. The topological polar surface area (TPSA) is 40.7 Å². The zero-order valence-corrected chi connectivity index (χ0v) is 20.0. The summed E-state index contributed by atoms with van der Waals surface area (Å²) in [6.07, 6.45) is 2.02. The second-order valence-corrected chi connectivity index (χ2v) is 9.31. The average molecular weight is 478 g/mol. The van der Waals surface area contributed by atoms with Gasteiger partial charge in [-0.3, -0.25) is 0 Å². The van der Waals surface area contributed by atoms with Crippen LogP contribution in [0.2, 0.25) is 10.0 Å². The van der Waals surface area contributed by atoms with Gasteiger partial charge in [-0.05, 0) is 62.7 Å². The van der Waals surface area contributed by atoms with Gasteiger partial charge in [-0.15, -0.1) is 0 Å². The lowest BCUT2D eigenvalue weighted by Gasteiger charge is -2.10. The third-order valence-corrected chi connectivity index (χ3v) is 7.04. The van der Waals surface area contributed by atoms with Crippen LogP contribution in [0.1, 0.15) is 22.6 Å². The third kappa shape index (κ3) is 3.18. The van der Waals surface area contributed by atoms with Crippen LogP contribution in [0.3, 0.4) is 0 Å². The summed E-state index contributed by atoms with van der Waals surface area (Å²) in [7, 11) is 0. The Kier molecular flexibility index (Phi) is 4.61. The number of nitrogens with zero attached hydrogens (tertiary/aromatic N) is 3. The van der Waals surface area contributed by atoms with Gasteiger partial charge in [-0.2, -0.15) is 5.10 Å². The second kappa shape index (κ2) is 7.44. The van der Waals surface area contributed by atoms with E-state index >= 15 is 0 Å². The molecule has 0 atom stereocenters. The zero-order valence-electron chi connectivity index (χ0n) is 18.4. The van der Waals surface area contributed by atoms with Crippen LogP contribution in [0, 0.1) is 20.8 Å². The highest BCUT2D eigenvalue weighted by Crippen LogP contribution is 2.37. The maximum atomic E-state index is 6.49. The minimum Gasteiger partial charge on any atom is -0.454 e. The molecule has 3 aromatic heterocycles. The van der Waals surface area contributed by atoms with E-state index < -0.39 is 0 Å². The van der Waals surface area contributed by atoms with Crippen molar-refractivity contribution in [1.29, 1.82) is 0 Å². The largest absolute Gasteiger partial charge is 0.454 e. The summed E-state index contributed by atoms with van der Waals surface area (Å²) in [4.78, 5) is 0. The fraction of sp³-hybridized carbons (Fsp3) is 0.192. The van der Waals surface area contributed by atoms with E-state index in [4.69, 9.17) is 37.8 Å². The van der Waals surface area contributed by atoms with Gasteiger partial charge in [0.1, 0.15) is 0 Å². The van der Waals surface area contributed by atoms with Crippen LogP contribution in [0.5, 0.6) is 11.5 Å². The van der Waals surface area contributed by atoms with E-state index in [0.717, 1.165) is 45.9 Å². The summed E-state index contributed by atoms with van der Waals surface area (Å²) in [5, 5.41) is 8.56. The minimum absolute atomic E-state index is 0.278. The van der Waals surface area contributed by atoms with Crippen LogP contribution in [0.4, 0.5) is 0 Å². The van der Waals surface area contributed by atoms with Crippen LogP contribution in [0.25, 0.3) is 27.4 Å². The van der Waals surface area contributed by atoms with E-state index in [-0.39, 0.29) is 6.79 Å². The summed E-state index contributed by atoms with van der Waals surface area (Å²) >= 11 is 12.7. The first-order valence-corrected chi connectivity index (χ1v) is 11.5. The molecule has 0 radical (unpaired) electrons. The molecule has 2 aromatic carbocycles. The molecule has 1 aliphatic rings. The van der Waals surface area contributed by atoms with E-state index in [9.17, 15) is 0 Å². The molecule has 1 aliphatic heterocycles. The van der Waals surface area contributed by atoms with Gasteiger partial charge in [-0.25, -0.2) is 4.52 Å². The van der Waals surface area contributed by atoms with Gasteiger partial charge in [-0.1, -0.05) is 29.3 Å². The molecule has 4 heterocycles. The molecule has 7 heteroatoms. The quantitative estimate of drug-likeness (QED) is 0.281. The molecule has 33 heavy (non-hydrogen) atoms. The Bertz CT molecular complexity index is 1580. The van der Waals surface area contributed by atoms with Crippen molar-refractivity contribution >= 4 is 39.5 Å². The smallest absolute Gasteiger partial charge is 0.231 e. The highest BCUT2D eigenvalue weighted by molar-refractivity contribution is 6.35. The van der Waals surface area contributed by atoms with Gasteiger partial charge in [0.05, 0.1) is 11.2 Å². The predicted molar refractivity (Wildman–Crippen MR) is 132 cm³/mol. The molecular weight excluding hydrogens is 457 g/mol. The molecule has 6 rings (SSSR count). The van der Waals surface area contributed by atoms with E-state index in [1.54, 1.807) is 6.07 Å². The SMILES string of the molecule is Cc1nn2cc(-c3cc(Cl)ccc3Cl)cc2c2c(C)n(Cc3ccc4c(c3)OCO4)c(C)c12. The molecule has 5 aromatic rings. The Morgan fingerprint density at radius 3 is 2.55 bits per heavy atom. The van der Waals surface area contributed by atoms with E-state index in [0.29, 0.717) is 10.0 Å². The molecule has 0 unspecified atom stereocenters. The van der Waals surface area contributed by atoms with E-state index in [2.05, 4.69) is 43.5 Å². The molecule has 0 N–H and O–H groups in total. The van der Waals surface area contributed by atoms with Gasteiger partial charge >= 0.3 is 0 Å². The fourth-order valence-electron chi connectivity index (χ4n) is 4.90. The Hall–Kier alpha value is -3.15. The van der Waals surface area contributed by atoms with Crippen molar-refractivity contribution in [3.8, 4) is 22.6 Å². The third-order valence-electron chi connectivity index (χ3n) is 6.48. The molecule has 166 valence electrons. The number of hydrogen-bond donors (Lipinski definition) is 0. The summed E-state index contributed by atoms with van der Waals surface area (Å²) in [6, 6.07) is 13.8. The Balaban J connectivity index is 1.53. The maximum Gasteiger partial charge on any atom is 0.231 e. The first-order valence-electron chi connectivity index (χ1n) is 10.7. The monoisotopic (exact) mass is 477 g/mol. The van der Waals surface area contributed by atoms with Crippen LogP contribution in [-0.2, 0) is 6.54 Å². The first kappa shape index (κ1) is 20.5. The summed E-state index contributed by atoms with van der Waals surface area (Å²) < 4.78 is 15.3. The van der Waals surface area contributed by atoms with Crippen molar-refractivity contribution in [3.63, 3.8) is 0 Å². The molecule has 0 saturated heterocycles. The maximum absolute atomic E-state index is 6.49. The summed E-state index contributed by atoms with van der Waals surface area (Å²) in [6.45, 7) is 7.40. The lowest BCUT2D eigenvalue weighted by Crippen LogP contribution is -2.03. The van der Waals surface area contributed by atoms with Gasteiger partial charge in [0.15, 0.2) is 11.5 Å². The number of rotatable bonds is 3. The number of aryl methyl sites for hydroxylation is 3. The van der Waals surface area contributed by atoms with Crippen LogP contribution < -0.4 is 9.47 Å². The Morgan fingerprint density at radius 1 is 0.909 bits per heavy atom. The van der Waals surface area contributed by atoms with Crippen LogP contribution >= 0.6 is 23.2 Å². The summed E-state index contributed by atoms with van der Waals surface area (Å²) in [5.74, 6) is 1.60. The van der Waals surface area contributed by atoms with Crippen molar-refractivity contribution < 1.29 is 9.47 Å². The number of halogens is 2. The van der Waals surface area contributed by atoms with Crippen molar-refractivity contribution in [2.45, 2.75) is 27.3 Å². The van der Waals surface area contributed by atoms with Crippen molar-refractivity contribution in [2.75, 3.05) is 6.79 Å². The van der Waals surface area contributed by atoms with Gasteiger partial charge < -0.3 is 14.0 Å². The molecule has 0 saturated carbocycles. The molecule has 0 fully saturated rings. The van der Waals surface area contributed by atoms with E-state index in [1.807, 2.05) is 28.9 Å². The van der Waals surface area contributed by atoms with Gasteiger partial charge in [0, 0.05) is 56.1 Å². The molecule has 0 bridgehead atoms. The molecule has 0 spiro atoms. The number of benzene rings is 2. The highest BCUT2D eigenvalue weighted by atomic mass is 35.5. The first-order chi connectivity index (χ1) is 15.9. The van der Waals surface area contributed by atoms with Gasteiger partial charge in [0.25, 0.3) is 0 Å². The number of ether oxygens (including phenoxy) is 2. The predicted octanol–water partition coefficient (Wildman–Crippen LogP) is 6.97. The minimum atomic E-state index is 0.278. The van der Waals surface area contributed by atoms with Crippen molar-refractivity contribution in [3.05, 3.63) is 81.4 Å². The molecule has 0 aliphatic carbocycles. The Morgan fingerprint density at radius 2 is 1.70 bits per heavy atom. The number of fused-ring (bicyclic) bond motifs is 4. The lowest BCUT2D eigenvalue weighted by molar-refractivity contribution is 0.174. The molecule has 5 nitrogen and oxygen atoms in total. The van der Waals surface area contributed by atoms with Crippen molar-refractivity contribution in [2.24, 2.45) is 0 Å². The second-order valence-electron chi connectivity index (χ2n) is 8.46. The Labute approximate surface area is 201 Å².